The Morgan fingerprint density at radius 2 is 2.56 bits per heavy atom. The molecule has 2 rings (SSSR count). The van der Waals surface area contributed by atoms with Gasteiger partial charge < -0.3 is 9.47 Å². The molecule has 0 aromatic carbocycles. The third-order valence-corrected chi connectivity index (χ3v) is 2.60. The van der Waals surface area contributed by atoms with Gasteiger partial charge in [-0.25, -0.2) is 4.68 Å². The monoisotopic (exact) mass is 223 g/mol. The highest BCUT2D eigenvalue weighted by Gasteiger charge is 2.13. The quantitative estimate of drug-likeness (QED) is 0.758. The molecule has 1 aliphatic rings. The molecule has 0 amide bonds. The molecule has 1 saturated heterocycles. The molecule has 1 atom stereocenters. The fraction of sp³-hybridized carbons (Fsp3) is 0.636. The lowest BCUT2D eigenvalue weighted by molar-refractivity contribution is -0.163. The van der Waals surface area contributed by atoms with Crippen LogP contribution < -0.4 is 0 Å². The van der Waals surface area contributed by atoms with Gasteiger partial charge >= 0.3 is 0 Å². The van der Waals surface area contributed by atoms with Crippen LogP contribution in [0, 0.1) is 0 Å². The first-order valence-electron chi connectivity index (χ1n) is 5.64. The van der Waals surface area contributed by atoms with Gasteiger partial charge in [0.25, 0.3) is 0 Å². The maximum Gasteiger partial charge on any atom is 0.157 e. The van der Waals surface area contributed by atoms with Crippen LogP contribution in [0.1, 0.15) is 25.0 Å². The summed E-state index contributed by atoms with van der Waals surface area (Å²) in [4.78, 5) is 0. The van der Waals surface area contributed by atoms with E-state index >= 15 is 0 Å². The Bertz CT molecular complexity index is 332. The van der Waals surface area contributed by atoms with Crippen molar-refractivity contribution in [3.8, 4) is 0 Å². The van der Waals surface area contributed by atoms with Crippen molar-refractivity contribution in [3.05, 3.63) is 18.5 Å². The Hall–Kier alpha value is -1.20. The summed E-state index contributed by atoms with van der Waals surface area (Å²) in [5.74, 6) is 0. The van der Waals surface area contributed by atoms with E-state index in [-0.39, 0.29) is 6.29 Å². The molecule has 1 fully saturated rings. The first-order chi connectivity index (χ1) is 7.90. The maximum atomic E-state index is 5.61. The largest absolute Gasteiger partial charge is 0.353 e. The standard InChI is InChI=1S/C11H17N3O2/c1-2-10-9-12-13-14(10)6-8-16-11-5-3-4-7-15-11/h2,9,11H,1,3-8H2. The molecule has 0 spiro atoms. The van der Waals surface area contributed by atoms with Gasteiger partial charge in [-0.05, 0) is 25.3 Å². The van der Waals surface area contributed by atoms with Crippen molar-refractivity contribution in [1.82, 2.24) is 15.0 Å². The lowest BCUT2D eigenvalue weighted by Gasteiger charge is -2.22. The summed E-state index contributed by atoms with van der Waals surface area (Å²) < 4.78 is 12.9. The van der Waals surface area contributed by atoms with Crippen molar-refractivity contribution in [2.75, 3.05) is 13.2 Å². The van der Waals surface area contributed by atoms with Gasteiger partial charge in [-0.3, -0.25) is 0 Å². The Kier molecular flexibility index (Phi) is 4.07. The van der Waals surface area contributed by atoms with Crippen molar-refractivity contribution >= 4 is 6.08 Å². The van der Waals surface area contributed by atoms with Crippen molar-refractivity contribution in [2.45, 2.75) is 32.1 Å². The summed E-state index contributed by atoms with van der Waals surface area (Å²) in [6.07, 6.45) is 6.70. The van der Waals surface area contributed by atoms with Gasteiger partial charge in [0.05, 0.1) is 25.0 Å². The number of hydrogen-bond acceptors (Lipinski definition) is 4. The fourth-order valence-electron chi connectivity index (χ4n) is 1.71. The highest BCUT2D eigenvalue weighted by molar-refractivity contribution is 5.39. The number of ether oxygens (including phenoxy) is 2. The third kappa shape index (κ3) is 2.90. The lowest BCUT2D eigenvalue weighted by atomic mass is 10.2. The Labute approximate surface area is 95.0 Å². The van der Waals surface area contributed by atoms with E-state index in [9.17, 15) is 0 Å². The summed E-state index contributed by atoms with van der Waals surface area (Å²) in [6.45, 7) is 5.78. The van der Waals surface area contributed by atoms with Crippen LogP contribution in [-0.2, 0) is 16.0 Å². The van der Waals surface area contributed by atoms with Crippen molar-refractivity contribution in [3.63, 3.8) is 0 Å². The second-order valence-electron chi connectivity index (χ2n) is 3.75. The summed E-state index contributed by atoms with van der Waals surface area (Å²) >= 11 is 0. The summed E-state index contributed by atoms with van der Waals surface area (Å²) in [6, 6.07) is 0. The number of nitrogens with zero attached hydrogens (tertiary/aromatic N) is 3. The second-order valence-corrected chi connectivity index (χ2v) is 3.75. The Balaban J connectivity index is 1.73. The van der Waals surface area contributed by atoms with Crippen LogP contribution in [0.25, 0.3) is 6.08 Å². The topological polar surface area (TPSA) is 49.2 Å². The SMILES string of the molecule is C=Cc1cnnn1CCOC1CCCCO1. The predicted octanol–water partition coefficient (Wildman–Crippen LogP) is 1.46. The second kappa shape index (κ2) is 5.77. The van der Waals surface area contributed by atoms with E-state index in [1.807, 2.05) is 0 Å². The predicted molar refractivity (Wildman–Crippen MR) is 59.7 cm³/mol. The molecule has 88 valence electrons. The molecular formula is C11H17N3O2. The van der Waals surface area contributed by atoms with Crippen molar-refractivity contribution < 1.29 is 9.47 Å². The first kappa shape index (κ1) is 11.3. The molecule has 0 radical (unpaired) electrons. The third-order valence-electron chi connectivity index (χ3n) is 2.60. The molecule has 1 aromatic heterocycles. The number of rotatable bonds is 5. The molecule has 0 saturated carbocycles. The minimum atomic E-state index is -0.0375. The highest BCUT2D eigenvalue weighted by atomic mass is 16.7. The Morgan fingerprint density at radius 3 is 3.31 bits per heavy atom. The van der Waals surface area contributed by atoms with Crippen LogP contribution >= 0.6 is 0 Å². The van der Waals surface area contributed by atoms with E-state index in [1.165, 1.54) is 6.42 Å². The number of aromatic nitrogens is 3. The first-order valence-corrected chi connectivity index (χ1v) is 5.64. The van der Waals surface area contributed by atoms with Gasteiger partial charge in [0.2, 0.25) is 0 Å². The van der Waals surface area contributed by atoms with Gasteiger partial charge in [-0.2, -0.15) is 0 Å². The van der Waals surface area contributed by atoms with Crippen LogP contribution in [-0.4, -0.2) is 34.5 Å². The molecule has 5 heteroatoms. The average Bonchev–Trinajstić information content (AvgIpc) is 2.78. The van der Waals surface area contributed by atoms with E-state index in [4.69, 9.17) is 9.47 Å². The minimum absolute atomic E-state index is 0.0375. The Morgan fingerprint density at radius 1 is 1.62 bits per heavy atom. The van der Waals surface area contributed by atoms with E-state index in [1.54, 1.807) is 17.0 Å². The van der Waals surface area contributed by atoms with Crippen LogP contribution in [0.3, 0.4) is 0 Å². The fourth-order valence-corrected chi connectivity index (χ4v) is 1.71. The average molecular weight is 223 g/mol. The molecule has 1 aromatic rings. The van der Waals surface area contributed by atoms with Crippen molar-refractivity contribution in [2.24, 2.45) is 0 Å². The van der Waals surface area contributed by atoms with E-state index in [2.05, 4.69) is 16.9 Å². The molecule has 5 nitrogen and oxygen atoms in total. The van der Waals surface area contributed by atoms with E-state index < -0.39 is 0 Å². The molecule has 1 aliphatic heterocycles. The zero-order valence-corrected chi connectivity index (χ0v) is 9.34. The van der Waals surface area contributed by atoms with Crippen LogP contribution in [0.5, 0.6) is 0 Å². The van der Waals surface area contributed by atoms with Crippen LogP contribution in [0.4, 0.5) is 0 Å². The van der Waals surface area contributed by atoms with Crippen LogP contribution in [0.15, 0.2) is 12.8 Å². The summed E-state index contributed by atoms with van der Waals surface area (Å²) in [5.41, 5.74) is 0.910. The van der Waals surface area contributed by atoms with Gasteiger partial charge in [0, 0.05) is 6.61 Å². The maximum absolute atomic E-state index is 5.61. The molecule has 16 heavy (non-hydrogen) atoms. The summed E-state index contributed by atoms with van der Waals surface area (Å²) in [5, 5.41) is 7.76. The van der Waals surface area contributed by atoms with Gasteiger partial charge in [-0.1, -0.05) is 11.8 Å². The van der Waals surface area contributed by atoms with E-state index in [0.717, 1.165) is 25.1 Å². The smallest absolute Gasteiger partial charge is 0.157 e. The van der Waals surface area contributed by atoms with Crippen molar-refractivity contribution in [1.29, 1.82) is 0 Å². The summed E-state index contributed by atoms with van der Waals surface area (Å²) in [7, 11) is 0. The minimum Gasteiger partial charge on any atom is -0.353 e. The molecule has 1 unspecified atom stereocenters. The molecular weight excluding hydrogens is 206 g/mol. The van der Waals surface area contributed by atoms with Gasteiger partial charge in [0.15, 0.2) is 6.29 Å². The molecule has 0 aliphatic carbocycles. The van der Waals surface area contributed by atoms with Gasteiger partial charge in [0.1, 0.15) is 0 Å². The van der Waals surface area contributed by atoms with Crippen LogP contribution in [0.2, 0.25) is 0 Å². The number of hydrogen-bond donors (Lipinski definition) is 0. The molecule has 0 bridgehead atoms. The highest BCUT2D eigenvalue weighted by Crippen LogP contribution is 2.13. The lowest BCUT2D eigenvalue weighted by Crippen LogP contribution is -2.24. The normalized spacial score (nSPS) is 20.9. The molecule has 0 N–H and O–H groups in total. The van der Waals surface area contributed by atoms with E-state index in [0.29, 0.717) is 13.2 Å². The zero-order valence-electron chi connectivity index (χ0n) is 9.34. The zero-order chi connectivity index (χ0) is 11.2. The molecule has 2 heterocycles. The van der Waals surface area contributed by atoms with Gasteiger partial charge in [-0.15, -0.1) is 5.10 Å².